The zero-order valence-electron chi connectivity index (χ0n) is 8.45. The second kappa shape index (κ2) is 3.27. The highest BCUT2D eigenvalue weighted by Gasteiger charge is 2.34. The molecule has 2 atom stereocenters. The van der Waals surface area contributed by atoms with Crippen LogP contribution in [0.2, 0.25) is 0 Å². The summed E-state index contributed by atoms with van der Waals surface area (Å²) in [4.78, 5) is 0. The number of rotatable bonds is 1. The summed E-state index contributed by atoms with van der Waals surface area (Å²) in [5.41, 5.74) is 3.10. The lowest BCUT2D eigenvalue weighted by Crippen LogP contribution is -1.97. The van der Waals surface area contributed by atoms with Crippen LogP contribution in [0.3, 0.4) is 0 Å². The summed E-state index contributed by atoms with van der Waals surface area (Å²) in [6.45, 7) is 0. The molecule has 2 bridgehead atoms. The van der Waals surface area contributed by atoms with Crippen LogP contribution in [0.4, 0.5) is 0 Å². The number of fused-ring (bicyclic) bond motifs is 2. The van der Waals surface area contributed by atoms with Crippen LogP contribution >= 0.6 is 0 Å². The van der Waals surface area contributed by atoms with Gasteiger partial charge in [-0.05, 0) is 43.1 Å². The summed E-state index contributed by atoms with van der Waals surface area (Å²) in [5.74, 6) is 1.95. The first-order chi connectivity index (χ1) is 6.92. The molecule has 0 saturated heterocycles. The van der Waals surface area contributed by atoms with Crippen LogP contribution < -0.4 is 0 Å². The van der Waals surface area contributed by atoms with Crippen molar-refractivity contribution in [2.75, 3.05) is 0 Å². The predicted molar refractivity (Wildman–Crippen MR) is 59.9 cm³/mol. The normalized spacial score (nSPS) is 32.7. The summed E-state index contributed by atoms with van der Waals surface area (Å²) in [6.07, 6.45) is 8.20. The SMILES string of the molecule is C(=C1/CC2CCC1C2)/c1ccccc1. The van der Waals surface area contributed by atoms with Crippen LogP contribution in [0, 0.1) is 11.8 Å². The molecule has 0 N–H and O–H groups in total. The highest BCUT2D eigenvalue weighted by molar-refractivity contribution is 5.54. The molecule has 0 heterocycles. The van der Waals surface area contributed by atoms with Crippen molar-refractivity contribution in [3.63, 3.8) is 0 Å². The molecule has 2 unspecified atom stereocenters. The minimum absolute atomic E-state index is 0.931. The Morgan fingerprint density at radius 2 is 1.93 bits per heavy atom. The quantitative estimate of drug-likeness (QED) is 0.621. The largest absolute Gasteiger partial charge is 0.0662 e. The first-order valence-electron chi connectivity index (χ1n) is 5.67. The second-order valence-electron chi connectivity index (χ2n) is 4.71. The molecule has 0 aromatic heterocycles. The molecular formula is C14H16. The molecule has 0 spiro atoms. The minimum Gasteiger partial charge on any atom is -0.0662 e. The molecule has 0 heteroatoms. The molecule has 0 radical (unpaired) electrons. The van der Waals surface area contributed by atoms with Gasteiger partial charge in [0.2, 0.25) is 0 Å². The Morgan fingerprint density at radius 3 is 2.57 bits per heavy atom. The first kappa shape index (κ1) is 8.28. The van der Waals surface area contributed by atoms with Gasteiger partial charge in [-0.3, -0.25) is 0 Å². The van der Waals surface area contributed by atoms with Crippen LogP contribution in [0.1, 0.15) is 31.2 Å². The van der Waals surface area contributed by atoms with Gasteiger partial charge in [0, 0.05) is 0 Å². The molecule has 14 heavy (non-hydrogen) atoms. The van der Waals surface area contributed by atoms with Crippen LogP contribution in [0.25, 0.3) is 6.08 Å². The summed E-state index contributed by atoms with van der Waals surface area (Å²) in [6, 6.07) is 10.7. The molecular weight excluding hydrogens is 168 g/mol. The molecule has 2 fully saturated rings. The van der Waals surface area contributed by atoms with E-state index in [0.717, 1.165) is 11.8 Å². The number of benzene rings is 1. The van der Waals surface area contributed by atoms with E-state index in [0.29, 0.717) is 0 Å². The molecule has 2 aliphatic rings. The van der Waals surface area contributed by atoms with E-state index < -0.39 is 0 Å². The zero-order chi connectivity index (χ0) is 9.38. The maximum absolute atomic E-state index is 2.42. The molecule has 0 nitrogen and oxygen atoms in total. The van der Waals surface area contributed by atoms with Gasteiger partial charge < -0.3 is 0 Å². The van der Waals surface area contributed by atoms with Gasteiger partial charge in [-0.25, -0.2) is 0 Å². The highest BCUT2D eigenvalue weighted by Crippen LogP contribution is 2.48. The van der Waals surface area contributed by atoms with Gasteiger partial charge in [0.25, 0.3) is 0 Å². The molecule has 1 aromatic rings. The number of allylic oxidation sites excluding steroid dienone is 1. The Balaban J connectivity index is 1.86. The highest BCUT2D eigenvalue weighted by atomic mass is 14.4. The summed E-state index contributed by atoms with van der Waals surface area (Å²) >= 11 is 0. The van der Waals surface area contributed by atoms with E-state index in [1.165, 1.54) is 31.2 Å². The van der Waals surface area contributed by atoms with E-state index in [2.05, 4.69) is 36.4 Å². The fourth-order valence-electron chi connectivity index (χ4n) is 3.04. The van der Waals surface area contributed by atoms with Crippen LogP contribution in [-0.2, 0) is 0 Å². The van der Waals surface area contributed by atoms with Crippen molar-refractivity contribution in [2.45, 2.75) is 25.7 Å². The molecule has 3 rings (SSSR count). The third-order valence-corrected chi connectivity index (χ3v) is 3.74. The minimum atomic E-state index is 0.931. The maximum Gasteiger partial charge on any atom is -0.0197 e. The average Bonchev–Trinajstić information content (AvgIpc) is 2.81. The third-order valence-electron chi connectivity index (χ3n) is 3.74. The Kier molecular flexibility index (Phi) is 1.93. The number of hydrogen-bond donors (Lipinski definition) is 0. The van der Waals surface area contributed by atoms with Gasteiger partial charge in [-0.15, -0.1) is 0 Å². The fourth-order valence-corrected chi connectivity index (χ4v) is 3.04. The maximum atomic E-state index is 2.42. The standard InChI is InChI=1S/C14H16/c1-2-4-11(5-3-1)8-14-10-12-6-7-13(14)9-12/h1-5,8,12-13H,6-7,9-10H2/b14-8+. The topological polar surface area (TPSA) is 0 Å². The van der Waals surface area contributed by atoms with Crippen LogP contribution in [-0.4, -0.2) is 0 Å². The van der Waals surface area contributed by atoms with E-state index in [1.807, 2.05) is 0 Å². The van der Waals surface area contributed by atoms with Gasteiger partial charge in [0.15, 0.2) is 0 Å². The van der Waals surface area contributed by atoms with E-state index in [9.17, 15) is 0 Å². The number of hydrogen-bond acceptors (Lipinski definition) is 0. The molecule has 72 valence electrons. The second-order valence-corrected chi connectivity index (χ2v) is 4.71. The van der Waals surface area contributed by atoms with Crippen molar-refractivity contribution >= 4 is 6.08 Å². The Bertz CT molecular complexity index is 348. The molecule has 2 aliphatic carbocycles. The van der Waals surface area contributed by atoms with Gasteiger partial charge >= 0.3 is 0 Å². The molecule has 0 aliphatic heterocycles. The van der Waals surface area contributed by atoms with Crippen molar-refractivity contribution in [1.82, 2.24) is 0 Å². The third kappa shape index (κ3) is 1.39. The van der Waals surface area contributed by atoms with Crippen molar-refractivity contribution in [3.8, 4) is 0 Å². The average molecular weight is 184 g/mol. The van der Waals surface area contributed by atoms with Crippen molar-refractivity contribution in [3.05, 3.63) is 41.5 Å². The van der Waals surface area contributed by atoms with Gasteiger partial charge in [-0.2, -0.15) is 0 Å². The Hall–Kier alpha value is -1.04. The summed E-state index contributed by atoms with van der Waals surface area (Å²) in [7, 11) is 0. The lowest BCUT2D eigenvalue weighted by atomic mass is 9.93. The van der Waals surface area contributed by atoms with Crippen LogP contribution in [0.5, 0.6) is 0 Å². The van der Waals surface area contributed by atoms with E-state index in [4.69, 9.17) is 0 Å². The van der Waals surface area contributed by atoms with Crippen molar-refractivity contribution < 1.29 is 0 Å². The fraction of sp³-hybridized carbons (Fsp3) is 0.429. The summed E-state index contributed by atoms with van der Waals surface area (Å²) in [5, 5.41) is 0. The lowest BCUT2D eigenvalue weighted by molar-refractivity contribution is 0.563. The summed E-state index contributed by atoms with van der Waals surface area (Å²) < 4.78 is 0. The Labute approximate surface area is 85.6 Å². The van der Waals surface area contributed by atoms with Gasteiger partial charge in [0.05, 0.1) is 0 Å². The first-order valence-corrected chi connectivity index (χ1v) is 5.67. The molecule has 0 amide bonds. The van der Waals surface area contributed by atoms with Gasteiger partial charge in [-0.1, -0.05) is 42.0 Å². The monoisotopic (exact) mass is 184 g/mol. The Morgan fingerprint density at radius 1 is 1.07 bits per heavy atom. The van der Waals surface area contributed by atoms with Crippen molar-refractivity contribution in [2.24, 2.45) is 11.8 Å². The molecule has 1 aromatic carbocycles. The zero-order valence-corrected chi connectivity index (χ0v) is 8.45. The van der Waals surface area contributed by atoms with Crippen LogP contribution in [0.15, 0.2) is 35.9 Å². The smallest absolute Gasteiger partial charge is 0.0197 e. The van der Waals surface area contributed by atoms with Gasteiger partial charge in [0.1, 0.15) is 0 Å². The van der Waals surface area contributed by atoms with Crippen molar-refractivity contribution in [1.29, 1.82) is 0 Å². The van der Waals surface area contributed by atoms with E-state index in [1.54, 1.807) is 5.57 Å². The lowest BCUT2D eigenvalue weighted by Gasteiger charge is -2.12. The molecule has 2 saturated carbocycles. The van der Waals surface area contributed by atoms with E-state index >= 15 is 0 Å². The predicted octanol–water partition coefficient (Wildman–Crippen LogP) is 3.89. The van der Waals surface area contributed by atoms with E-state index in [-0.39, 0.29) is 0 Å².